The molecule has 0 atom stereocenters. The molecule has 0 saturated carbocycles. The standard InChI is InChI=1S/C15H14N4S/c1-2-4-11-8-13-12(7-10(11)3-1)18-15(19-13)20-9-14-16-5-6-17-14/h1-4,7-8H,5-6,9H2,(H,16,17)(H,18,19). The van der Waals surface area contributed by atoms with Crippen LogP contribution in [0, 0.1) is 0 Å². The number of aromatic nitrogens is 2. The summed E-state index contributed by atoms with van der Waals surface area (Å²) in [6.45, 7) is 1.85. The van der Waals surface area contributed by atoms with Gasteiger partial charge in [-0.1, -0.05) is 36.0 Å². The van der Waals surface area contributed by atoms with Gasteiger partial charge in [0.05, 0.1) is 23.3 Å². The highest BCUT2D eigenvalue weighted by molar-refractivity contribution is 7.99. The summed E-state index contributed by atoms with van der Waals surface area (Å²) < 4.78 is 0. The van der Waals surface area contributed by atoms with Crippen LogP contribution < -0.4 is 5.32 Å². The highest BCUT2D eigenvalue weighted by Gasteiger charge is 2.09. The third kappa shape index (κ3) is 2.14. The van der Waals surface area contributed by atoms with E-state index in [2.05, 4.69) is 56.7 Å². The van der Waals surface area contributed by atoms with Gasteiger partial charge in [-0.2, -0.15) is 0 Å². The lowest BCUT2D eigenvalue weighted by molar-refractivity contribution is 0.959. The Morgan fingerprint density at radius 1 is 1.15 bits per heavy atom. The molecule has 0 bridgehead atoms. The van der Waals surface area contributed by atoms with Crippen LogP contribution in [0.2, 0.25) is 0 Å². The molecule has 1 aliphatic rings. The largest absolute Gasteiger partial charge is 0.371 e. The number of nitrogens with zero attached hydrogens (tertiary/aromatic N) is 2. The number of fused-ring (bicyclic) bond motifs is 2. The van der Waals surface area contributed by atoms with Gasteiger partial charge in [-0.05, 0) is 22.9 Å². The molecule has 1 aliphatic heterocycles. The summed E-state index contributed by atoms with van der Waals surface area (Å²) >= 11 is 1.69. The number of aliphatic imine (C=N–C) groups is 1. The molecule has 0 amide bonds. The van der Waals surface area contributed by atoms with E-state index in [1.165, 1.54) is 10.8 Å². The molecule has 20 heavy (non-hydrogen) atoms. The van der Waals surface area contributed by atoms with Crippen LogP contribution in [-0.4, -0.2) is 34.6 Å². The zero-order valence-corrected chi connectivity index (χ0v) is 11.7. The Morgan fingerprint density at radius 3 is 2.80 bits per heavy atom. The fraction of sp³-hybridized carbons (Fsp3) is 0.200. The van der Waals surface area contributed by atoms with Crippen molar-refractivity contribution in [1.29, 1.82) is 0 Å². The Kier molecular flexibility index (Phi) is 2.85. The number of hydrogen-bond acceptors (Lipinski definition) is 4. The van der Waals surface area contributed by atoms with E-state index in [-0.39, 0.29) is 0 Å². The minimum absolute atomic E-state index is 0.847. The number of H-pyrrole nitrogens is 1. The minimum atomic E-state index is 0.847. The highest BCUT2D eigenvalue weighted by Crippen LogP contribution is 2.24. The molecule has 0 fully saturated rings. The van der Waals surface area contributed by atoms with Crippen LogP contribution in [0.25, 0.3) is 21.8 Å². The van der Waals surface area contributed by atoms with Crippen LogP contribution in [-0.2, 0) is 0 Å². The van der Waals surface area contributed by atoms with Crippen molar-refractivity contribution in [2.45, 2.75) is 5.16 Å². The second-order valence-corrected chi connectivity index (χ2v) is 5.77. The number of aromatic amines is 1. The van der Waals surface area contributed by atoms with Crippen LogP contribution >= 0.6 is 11.8 Å². The van der Waals surface area contributed by atoms with E-state index in [0.717, 1.165) is 40.9 Å². The van der Waals surface area contributed by atoms with Crippen molar-refractivity contribution in [3.8, 4) is 0 Å². The Bertz CT molecular complexity index is 753. The third-order valence-electron chi connectivity index (χ3n) is 3.42. The van der Waals surface area contributed by atoms with Gasteiger partial charge >= 0.3 is 0 Å². The van der Waals surface area contributed by atoms with E-state index >= 15 is 0 Å². The SMILES string of the molecule is c1ccc2cc3[nH]c(SCC4=NCCN4)nc3cc2c1. The van der Waals surface area contributed by atoms with Crippen LogP contribution in [0.15, 0.2) is 46.5 Å². The Balaban J connectivity index is 1.65. The molecule has 100 valence electrons. The number of imidazole rings is 1. The first-order valence-electron chi connectivity index (χ1n) is 6.67. The summed E-state index contributed by atoms with van der Waals surface area (Å²) in [7, 11) is 0. The molecule has 2 N–H and O–H groups in total. The van der Waals surface area contributed by atoms with Crippen molar-refractivity contribution in [3.63, 3.8) is 0 Å². The molecule has 5 heteroatoms. The lowest BCUT2D eigenvalue weighted by Crippen LogP contribution is -2.20. The zero-order valence-electron chi connectivity index (χ0n) is 10.9. The molecular weight excluding hydrogens is 268 g/mol. The maximum atomic E-state index is 4.65. The fourth-order valence-electron chi connectivity index (χ4n) is 2.42. The summed E-state index contributed by atoms with van der Waals surface area (Å²) in [4.78, 5) is 12.4. The molecule has 0 saturated heterocycles. The van der Waals surface area contributed by atoms with E-state index in [1.54, 1.807) is 11.8 Å². The maximum Gasteiger partial charge on any atom is 0.166 e. The number of rotatable bonds is 3. The van der Waals surface area contributed by atoms with Gasteiger partial charge in [0.25, 0.3) is 0 Å². The fourth-order valence-corrected chi connectivity index (χ4v) is 3.23. The topological polar surface area (TPSA) is 53.1 Å². The maximum absolute atomic E-state index is 4.65. The number of amidine groups is 1. The van der Waals surface area contributed by atoms with Gasteiger partial charge in [0.2, 0.25) is 0 Å². The Hall–Kier alpha value is -2.01. The second-order valence-electron chi connectivity index (χ2n) is 4.80. The Morgan fingerprint density at radius 2 is 2.00 bits per heavy atom. The van der Waals surface area contributed by atoms with Gasteiger partial charge in [0.15, 0.2) is 5.16 Å². The van der Waals surface area contributed by atoms with Crippen molar-refractivity contribution in [2.75, 3.05) is 18.8 Å². The smallest absolute Gasteiger partial charge is 0.166 e. The molecule has 4 nitrogen and oxygen atoms in total. The highest BCUT2D eigenvalue weighted by atomic mass is 32.2. The molecule has 0 unspecified atom stereocenters. The molecule has 2 aromatic carbocycles. The lowest BCUT2D eigenvalue weighted by Gasteiger charge is -1.98. The molecule has 4 rings (SSSR count). The van der Waals surface area contributed by atoms with Gasteiger partial charge in [-0.15, -0.1) is 0 Å². The molecule has 1 aromatic heterocycles. The first-order chi connectivity index (χ1) is 9.88. The number of hydrogen-bond donors (Lipinski definition) is 2. The van der Waals surface area contributed by atoms with Crippen molar-refractivity contribution < 1.29 is 0 Å². The molecule has 0 radical (unpaired) electrons. The molecule has 3 aromatic rings. The molecule has 0 aliphatic carbocycles. The van der Waals surface area contributed by atoms with E-state index < -0.39 is 0 Å². The predicted molar refractivity (Wildman–Crippen MR) is 84.6 cm³/mol. The molecule has 2 heterocycles. The summed E-state index contributed by atoms with van der Waals surface area (Å²) in [6.07, 6.45) is 0. The van der Waals surface area contributed by atoms with Crippen molar-refractivity contribution in [3.05, 3.63) is 36.4 Å². The summed E-state index contributed by atoms with van der Waals surface area (Å²) in [5.74, 6) is 1.92. The summed E-state index contributed by atoms with van der Waals surface area (Å²) in [5.41, 5.74) is 2.11. The van der Waals surface area contributed by atoms with E-state index in [0.29, 0.717) is 0 Å². The van der Waals surface area contributed by atoms with E-state index in [9.17, 15) is 0 Å². The first kappa shape index (κ1) is 11.8. The third-order valence-corrected chi connectivity index (χ3v) is 4.30. The van der Waals surface area contributed by atoms with Crippen LogP contribution in [0.1, 0.15) is 0 Å². The van der Waals surface area contributed by atoms with Crippen molar-refractivity contribution in [1.82, 2.24) is 15.3 Å². The average molecular weight is 282 g/mol. The first-order valence-corrected chi connectivity index (χ1v) is 7.65. The van der Waals surface area contributed by atoms with Crippen LogP contribution in [0.3, 0.4) is 0 Å². The number of benzene rings is 2. The second kappa shape index (κ2) is 4.83. The number of thioether (sulfide) groups is 1. The quantitative estimate of drug-likeness (QED) is 0.726. The van der Waals surface area contributed by atoms with E-state index in [4.69, 9.17) is 0 Å². The van der Waals surface area contributed by atoms with Gasteiger partial charge in [-0.3, -0.25) is 4.99 Å². The van der Waals surface area contributed by atoms with Crippen LogP contribution in [0.4, 0.5) is 0 Å². The van der Waals surface area contributed by atoms with Gasteiger partial charge < -0.3 is 10.3 Å². The lowest BCUT2D eigenvalue weighted by atomic mass is 10.1. The molecular formula is C15H14N4S. The van der Waals surface area contributed by atoms with Crippen LogP contribution in [0.5, 0.6) is 0 Å². The normalized spacial score (nSPS) is 14.7. The van der Waals surface area contributed by atoms with E-state index in [1.807, 2.05) is 0 Å². The predicted octanol–water partition coefficient (Wildman–Crippen LogP) is 2.81. The van der Waals surface area contributed by atoms with Gasteiger partial charge in [0, 0.05) is 6.54 Å². The monoisotopic (exact) mass is 282 g/mol. The molecule has 0 spiro atoms. The number of nitrogens with one attached hydrogen (secondary N) is 2. The van der Waals surface area contributed by atoms with Gasteiger partial charge in [0.1, 0.15) is 5.84 Å². The Labute approximate surface area is 120 Å². The average Bonchev–Trinajstić information content (AvgIpc) is 3.11. The zero-order chi connectivity index (χ0) is 13.4. The van der Waals surface area contributed by atoms with Crippen molar-refractivity contribution >= 4 is 39.4 Å². The summed E-state index contributed by atoms with van der Waals surface area (Å²) in [6, 6.07) is 12.7. The minimum Gasteiger partial charge on any atom is -0.371 e. The van der Waals surface area contributed by atoms with Crippen molar-refractivity contribution in [2.24, 2.45) is 4.99 Å². The summed E-state index contributed by atoms with van der Waals surface area (Å²) in [5, 5.41) is 6.69. The van der Waals surface area contributed by atoms with Gasteiger partial charge in [-0.25, -0.2) is 4.98 Å².